The minimum absolute atomic E-state index is 0.0272. The molecule has 0 heterocycles. The lowest BCUT2D eigenvalue weighted by Crippen LogP contribution is -1.91. The van der Waals surface area contributed by atoms with E-state index in [2.05, 4.69) is 0 Å². The van der Waals surface area contributed by atoms with Crippen LogP contribution in [0.25, 0.3) is 6.08 Å². The zero-order chi connectivity index (χ0) is 8.55. The first-order valence-electron chi connectivity index (χ1n) is 3.64. The minimum Gasteiger partial charge on any atom is -0.290 e. The molecule has 58 valence electrons. The third-order valence-electron chi connectivity index (χ3n) is 1.81. The van der Waals surface area contributed by atoms with E-state index in [0.717, 1.165) is 5.56 Å². The predicted molar refractivity (Wildman–Crippen MR) is 46.1 cm³/mol. The van der Waals surface area contributed by atoms with Crippen LogP contribution in [-0.2, 0) is 0 Å². The molecule has 0 saturated heterocycles. The number of ketones is 1. The van der Waals surface area contributed by atoms with Gasteiger partial charge in [-0.3, -0.25) is 9.59 Å². The van der Waals surface area contributed by atoms with Crippen molar-refractivity contribution < 1.29 is 4.79 Å². The second-order valence-corrected chi connectivity index (χ2v) is 2.64. The fraction of sp³-hybridized carbons (Fsp3) is 0. The molecule has 0 aliphatic heterocycles. The Labute approximate surface area is 69.2 Å². The third kappa shape index (κ3) is 0.975. The molecule has 1 aromatic rings. The van der Waals surface area contributed by atoms with Crippen molar-refractivity contribution in [3.63, 3.8) is 0 Å². The molecule has 0 fully saturated rings. The number of fused-ring (bicyclic) bond motifs is 1. The van der Waals surface area contributed by atoms with Gasteiger partial charge in [0, 0.05) is 5.56 Å². The summed E-state index contributed by atoms with van der Waals surface area (Å²) in [6.07, 6.45) is 3.14. The van der Waals surface area contributed by atoms with Gasteiger partial charge in [0.25, 0.3) is 0 Å². The molecule has 0 unspecified atom stereocenters. The van der Waals surface area contributed by atoms with Gasteiger partial charge in [-0.1, -0.05) is 18.2 Å². The van der Waals surface area contributed by atoms with E-state index in [9.17, 15) is 9.59 Å². The maximum Gasteiger partial charge on any atom is 0.186 e. The number of allylic oxidation sites excluding steroid dienone is 1. The molecule has 0 radical (unpaired) electrons. The Morgan fingerprint density at radius 2 is 1.83 bits per heavy atom. The van der Waals surface area contributed by atoms with Gasteiger partial charge in [-0.2, -0.15) is 0 Å². The standard InChI is InChI=1S/C10H6O2/c11-8-2-1-3-9-7(6-8)4-5-10(9)12/h1-6H. The van der Waals surface area contributed by atoms with Gasteiger partial charge in [-0.15, -0.1) is 0 Å². The maximum atomic E-state index is 11.1. The highest BCUT2D eigenvalue weighted by molar-refractivity contribution is 6.13. The molecule has 2 nitrogen and oxygen atoms in total. The summed E-state index contributed by atoms with van der Waals surface area (Å²) in [6, 6.07) is 6.18. The molecular weight excluding hydrogens is 152 g/mol. The van der Waals surface area contributed by atoms with E-state index in [1.807, 2.05) is 0 Å². The van der Waals surface area contributed by atoms with Crippen molar-refractivity contribution in [1.82, 2.24) is 0 Å². The Kier molecular flexibility index (Phi) is 1.40. The molecule has 1 aliphatic carbocycles. The van der Waals surface area contributed by atoms with Crippen LogP contribution < -0.4 is 5.43 Å². The molecular formula is C10H6O2. The normalized spacial score (nSPS) is 13.2. The van der Waals surface area contributed by atoms with Crippen molar-refractivity contribution in [1.29, 1.82) is 0 Å². The molecule has 0 saturated carbocycles. The molecule has 1 aromatic carbocycles. The maximum absolute atomic E-state index is 11.1. The van der Waals surface area contributed by atoms with Crippen molar-refractivity contribution in [3.05, 3.63) is 51.7 Å². The van der Waals surface area contributed by atoms with Crippen molar-refractivity contribution in [2.45, 2.75) is 0 Å². The average molecular weight is 158 g/mol. The Balaban J connectivity index is 2.81. The van der Waals surface area contributed by atoms with Crippen LogP contribution in [0, 0.1) is 0 Å². The lowest BCUT2D eigenvalue weighted by molar-refractivity contribution is 0.105. The summed E-state index contributed by atoms with van der Waals surface area (Å²) in [5.41, 5.74) is 1.25. The van der Waals surface area contributed by atoms with Gasteiger partial charge >= 0.3 is 0 Å². The smallest absolute Gasteiger partial charge is 0.186 e. The molecule has 0 aromatic heterocycles. The molecule has 2 rings (SSSR count). The van der Waals surface area contributed by atoms with Crippen molar-refractivity contribution in [3.8, 4) is 0 Å². The number of hydrogen-bond donors (Lipinski definition) is 0. The summed E-state index contributed by atoms with van der Waals surface area (Å²) in [5, 5.41) is 0. The first-order chi connectivity index (χ1) is 5.77. The summed E-state index contributed by atoms with van der Waals surface area (Å²) < 4.78 is 0. The summed E-state index contributed by atoms with van der Waals surface area (Å²) in [7, 11) is 0. The molecule has 2 heteroatoms. The van der Waals surface area contributed by atoms with Crippen molar-refractivity contribution in [2.75, 3.05) is 0 Å². The van der Waals surface area contributed by atoms with Crippen LogP contribution in [0.4, 0.5) is 0 Å². The van der Waals surface area contributed by atoms with Gasteiger partial charge < -0.3 is 0 Å². The number of hydrogen-bond acceptors (Lipinski definition) is 2. The Morgan fingerprint density at radius 3 is 2.67 bits per heavy atom. The monoisotopic (exact) mass is 158 g/mol. The van der Waals surface area contributed by atoms with Gasteiger partial charge in [-0.05, 0) is 23.8 Å². The topological polar surface area (TPSA) is 34.1 Å². The first-order valence-corrected chi connectivity index (χ1v) is 3.64. The van der Waals surface area contributed by atoms with E-state index in [4.69, 9.17) is 0 Å². The summed E-state index contributed by atoms with van der Waals surface area (Å²) in [5.74, 6) is -0.0272. The average Bonchev–Trinajstić information content (AvgIpc) is 2.31. The van der Waals surface area contributed by atoms with Crippen molar-refractivity contribution in [2.24, 2.45) is 0 Å². The van der Waals surface area contributed by atoms with Gasteiger partial charge in [0.05, 0.1) is 0 Å². The van der Waals surface area contributed by atoms with Gasteiger partial charge in [0.1, 0.15) is 0 Å². The number of carbonyl (C=O) groups excluding carboxylic acids is 1. The van der Waals surface area contributed by atoms with Gasteiger partial charge in [-0.25, -0.2) is 0 Å². The summed E-state index contributed by atoms with van der Waals surface area (Å²) in [4.78, 5) is 22.1. The van der Waals surface area contributed by atoms with Crippen molar-refractivity contribution >= 4 is 11.9 Å². The van der Waals surface area contributed by atoms with Crippen LogP contribution in [0.2, 0.25) is 0 Å². The molecule has 1 aliphatic rings. The largest absolute Gasteiger partial charge is 0.290 e. The van der Waals surface area contributed by atoms with Crippen LogP contribution in [0.15, 0.2) is 35.1 Å². The van der Waals surface area contributed by atoms with Crippen LogP contribution >= 0.6 is 0 Å². The van der Waals surface area contributed by atoms with E-state index in [0.29, 0.717) is 5.56 Å². The van der Waals surface area contributed by atoms with Crippen LogP contribution in [0.5, 0.6) is 0 Å². The van der Waals surface area contributed by atoms with Crippen LogP contribution in [0.3, 0.4) is 0 Å². The summed E-state index contributed by atoms with van der Waals surface area (Å²) in [6.45, 7) is 0. The first kappa shape index (κ1) is 6.98. The van der Waals surface area contributed by atoms with E-state index in [1.165, 1.54) is 18.2 Å². The van der Waals surface area contributed by atoms with E-state index in [1.54, 1.807) is 18.2 Å². The predicted octanol–water partition coefficient (Wildman–Crippen LogP) is 1.26. The molecule has 12 heavy (non-hydrogen) atoms. The Hall–Kier alpha value is -1.70. The third-order valence-corrected chi connectivity index (χ3v) is 1.81. The van der Waals surface area contributed by atoms with E-state index >= 15 is 0 Å². The van der Waals surface area contributed by atoms with Crippen LogP contribution in [-0.4, -0.2) is 5.78 Å². The van der Waals surface area contributed by atoms with Gasteiger partial charge in [0.15, 0.2) is 11.2 Å². The highest BCUT2D eigenvalue weighted by Crippen LogP contribution is 2.15. The number of rotatable bonds is 0. The molecule has 0 atom stereocenters. The Morgan fingerprint density at radius 1 is 1.00 bits per heavy atom. The zero-order valence-electron chi connectivity index (χ0n) is 6.28. The van der Waals surface area contributed by atoms with Crippen LogP contribution in [0.1, 0.15) is 15.9 Å². The highest BCUT2D eigenvalue weighted by Gasteiger charge is 2.11. The van der Waals surface area contributed by atoms with E-state index in [-0.39, 0.29) is 11.2 Å². The number of carbonyl (C=O) groups is 1. The quantitative estimate of drug-likeness (QED) is 0.569. The van der Waals surface area contributed by atoms with E-state index < -0.39 is 0 Å². The fourth-order valence-corrected chi connectivity index (χ4v) is 1.23. The molecule has 0 N–H and O–H groups in total. The summed E-state index contributed by atoms with van der Waals surface area (Å²) >= 11 is 0. The van der Waals surface area contributed by atoms with Gasteiger partial charge in [0.2, 0.25) is 0 Å². The lowest BCUT2D eigenvalue weighted by atomic mass is 10.2. The zero-order valence-corrected chi connectivity index (χ0v) is 6.28. The lowest BCUT2D eigenvalue weighted by Gasteiger charge is -1.86. The fourth-order valence-electron chi connectivity index (χ4n) is 1.23. The molecule has 0 bridgehead atoms. The Bertz CT molecular complexity index is 430. The second-order valence-electron chi connectivity index (χ2n) is 2.64. The SMILES string of the molecule is O=C1C=Cc2cc(=O)cccc21. The minimum atomic E-state index is -0.0735. The molecule has 0 spiro atoms. The highest BCUT2D eigenvalue weighted by atomic mass is 16.1. The molecule has 0 amide bonds. The second kappa shape index (κ2) is 2.41.